The number of carbonyl (C=O) groups excluding carboxylic acids is 1. The predicted octanol–water partition coefficient (Wildman–Crippen LogP) is 3.54. The van der Waals surface area contributed by atoms with E-state index in [2.05, 4.69) is 13.5 Å². The van der Waals surface area contributed by atoms with Crippen LogP contribution in [0, 0.1) is 29.1 Å². The van der Waals surface area contributed by atoms with Gasteiger partial charge in [-0.25, -0.2) is 4.79 Å². The van der Waals surface area contributed by atoms with Crippen molar-refractivity contribution in [3.63, 3.8) is 0 Å². The van der Waals surface area contributed by atoms with Gasteiger partial charge in [-0.1, -0.05) is 13.5 Å². The quantitative estimate of drug-likeness (QED) is 0.334. The van der Waals surface area contributed by atoms with Crippen LogP contribution < -0.4 is 0 Å². The van der Waals surface area contributed by atoms with Gasteiger partial charge in [0.25, 0.3) is 0 Å². The van der Waals surface area contributed by atoms with E-state index >= 15 is 0 Å². The number of carbonyl (C=O) groups is 1. The third-order valence-corrected chi connectivity index (χ3v) is 6.04. The van der Waals surface area contributed by atoms with Crippen molar-refractivity contribution in [3.8, 4) is 0 Å². The molecular formula is C17H26O3. The zero-order chi connectivity index (χ0) is 14.3. The smallest absolute Gasteiger partial charge is 0.335 e. The van der Waals surface area contributed by atoms with E-state index in [1.54, 1.807) is 6.92 Å². The first-order chi connectivity index (χ1) is 9.49. The molecule has 0 spiro atoms. The van der Waals surface area contributed by atoms with Crippen LogP contribution in [0.1, 0.15) is 46.0 Å². The molecule has 3 heteroatoms. The summed E-state index contributed by atoms with van der Waals surface area (Å²) in [5, 5.41) is 0. The number of hydrogen-bond donors (Lipinski definition) is 0. The molecule has 4 aliphatic carbocycles. The molecule has 0 unspecified atom stereocenters. The summed E-state index contributed by atoms with van der Waals surface area (Å²) in [7, 11) is 0. The van der Waals surface area contributed by atoms with E-state index in [1.807, 2.05) is 0 Å². The zero-order valence-electron chi connectivity index (χ0n) is 12.7. The summed E-state index contributed by atoms with van der Waals surface area (Å²) >= 11 is 0. The SMILES string of the molecule is C=C(C)C(=O)OCOCC1(C)C2CC3CC(C2)CC1C3. The van der Waals surface area contributed by atoms with Gasteiger partial charge in [-0.15, -0.1) is 0 Å². The van der Waals surface area contributed by atoms with Gasteiger partial charge in [-0.2, -0.15) is 0 Å². The Balaban J connectivity index is 1.52. The summed E-state index contributed by atoms with van der Waals surface area (Å²) in [6, 6.07) is 0. The average Bonchev–Trinajstić information content (AvgIpc) is 2.40. The van der Waals surface area contributed by atoms with Crippen LogP contribution in [-0.4, -0.2) is 19.4 Å². The van der Waals surface area contributed by atoms with Gasteiger partial charge in [0.05, 0.1) is 6.61 Å². The van der Waals surface area contributed by atoms with E-state index in [0.29, 0.717) is 11.0 Å². The molecule has 0 saturated heterocycles. The highest BCUT2D eigenvalue weighted by atomic mass is 16.7. The molecule has 4 bridgehead atoms. The molecule has 0 aromatic rings. The minimum absolute atomic E-state index is 0.0631. The second-order valence-electron chi connectivity index (χ2n) is 7.49. The Morgan fingerprint density at radius 3 is 2.20 bits per heavy atom. The van der Waals surface area contributed by atoms with E-state index in [1.165, 1.54) is 32.1 Å². The summed E-state index contributed by atoms with van der Waals surface area (Å²) in [5.41, 5.74) is 0.720. The van der Waals surface area contributed by atoms with Crippen molar-refractivity contribution in [3.05, 3.63) is 12.2 Å². The van der Waals surface area contributed by atoms with Gasteiger partial charge in [0.15, 0.2) is 6.79 Å². The lowest BCUT2D eigenvalue weighted by Gasteiger charge is -2.60. The van der Waals surface area contributed by atoms with Gasteiger partial charge in [0.1, 0.15) is 0 Å². The first-order valence-corrected chi connectivity index (χ1v) is 7.89. The van der Waals surface area contributed by atoms with Crippen LogP contribution in [0.4, 0.5) is 0 Å². The van der Waals surface area contributed by atoms with Crippen molar-refractivity contribution in [1.82, 2.24) is 0 Å². The average molecular weight is 278 g/mol. The Bertz CT molecular complexity index is 384. The molecule has 0 amide bonds. The van der Waals surface area contributed by atoms with Crippen molar-refractivity contribution in [1.29, 1.82) is 0 Å². The molecule has 0 aliphatic heterocycles. The van der Waals surface area contributed by atoms with Crippen LogP contribution in [-0.2, 0) is 14.3 Å². The van der Waals surface area contributed by atoms with E-state index in [9.17, 15) is 4.79 Å². The fourth-order valence-electron chi connectivity index (χ4n) is 4.98. The second-order valence-corrected chi connectivity index (χ2v) is 7.49. The Morgan fingerprint density at radius 2 is 1.70 bits per heavy atom. The number of esters is 1. The lowest BCUT2D eigenvalue weighted by Crippen LogP contribution is -2.53. The molecule has 112 valence electrons. The van der Waals surface area contributed by atoms with Gasteiger partial charge < -0.3 is 9.47 Å². The van der Waals surface area contributed by atoms with Crippen LogP contribution in [0.3, 0.4) is 0 Å². The first-order valence-electron chi connectivity index (χ1n) is 7.89. The van der Waals surface area contributed by atoms with E-state index < -0.39 is 0 Å². The molecule has 0 aromatic carbocycles. The summed E-state index contributed by atoms with van der Waals surface area (Å²) < 4.78 is 10.7. The monoisotopic (exact) mass is 278 g/mol. The van der Waals surface area contributed by atoms with Gasteiger partial charge in [0.2, 0.25) is 0 Å². The van der Waals surface area contributed by atoms with Crippen molar-refractivity contribution in [2.75, 3.05) is 13.4 Å². The fraction of sp³-hybridized carbons (Fsp3) is 0.824. The molecule has 4 rings (SSSR count). The standard InChI is InChI=1S/C17H26O3/c1-11(2)16(18)20-10-19-9-17(3)14-5-12-4-13(7-14)8-15(17)6-12/h12-15H,1,4-10H2,2-3H3. The minimum atomic E-state index is -0.361. The van der Waals surface area contributed by atoms with Crippen LogP contribution in [0.25, 0.3) is 0 Å². The van der Waals surface area contributed by atoms with Crippen LogP contribution in [0.2, 0.25) is 0 Å². The summed E-state index contributed by atoms with van der Waals surface area (Å²) in [5.74, 6) is 3.23. The molecule has 0 aromatic heterocycles. The fourth-order valence-corrected chi connectivity index (χ4v) is 4.98. The minimum Gasteiger partial charge on any atom is -0.435 e. The van der Waals surface area contributed by atoms with Gasteiger partial charge >= 0.3 is 5.97 Å². The maximum atomic E-state index is 11.3. The molecule has 0 heterocycles. The highest BCUT2D eigenvalue weighted by Gasteiger charge is 2.54. The maximum Gasteiger partial charge on any atom is 0.335 e. The topological polar surface area (TPSA) is 35.5 Å². The van der Waals surface area contributed by atoms with Crippen LogP contribution in [0.15, 0.2) is 12.2 Å². The number of rotatable bonds is 5. The van der Waals surface area contributed by atoms with Gasteiger partial charge in [-0.3, -0.25) is 0 Å². The third-order valence-electron chi connectivity index (χ3n) is 6.04. The molecular weight excluding hydrogens is 252 g/mol. The second kappa shape index (κ2) is 5.18. The van der Waals surface area contributed by atoms with Gasteiger partial charge in [0, 0.05) is 5.57 Å². The van der Waals surface area contributed by atoms with E-state index in [0.717, 1.165) is 30.3 Å². The molecule has 4 fully saturated rings. The summed E-state index contributed by atoms with van der Waals surface area (Å²) in [4.78, 5) is 11.3. The highest BCUT2D eigenvalue weighted by Crippen LogP contribution is 2.62. The Labute approximate surface area is 121 Å². The highest BCUT2D eigenvalue weighted by molar-refractivity contribution is 5.86. The number of ether oxygens (including phenoxy) is 2. The summed E-state index contributed by atoms with van der Waals surface area (Å²) in [6.45, 7) is 8.40. The van der Waals surface area contributed by atoms with Crippen molar-refractivity contribution >= 4 is 5.97 Å². The molecule has 20 heavy (non-hydrogen) atoms. The Morgan fingerprint density at radius 1 is 1.15 bits per heavy atom. The van der Waals surface area contributed by atoms with E-state index in [-0.39, 0.29) is 12.8 Å². The normalized spacial score (nSPS) is 41.7. The van der Waals surface area contributed by atoms with Gasteiger partial charge in [-0.05, 0) is 68.1 Å². The molecule has 0 N–H and O–H groups in total. The molecule has 3 nitrogen and oxygen atoms in total. The maximum absolute atomic E-state index is 11.3. The van der Waals surface area contributed by atoms with Crippen molar-refractivity contribution < 1.29 is 14.3 Å². The van der Waals surface area contributed by atoms with Crippen LogP contribution in [0.5, 0.6) is 0 Å². The lowest BCUT2D eigenvalue weighted by atomic mass is 9.46. The van der Waals surface area contributed by atoms with E-state index in [4.69, 9.17) is 9.47 Å². The Kier molecular flexibility index (Phi) is 3.65. The predicted molar refractivity (Wildman–Crippen MR) is 76.9 cm³/mol. The number of hydrogen-bond acceptors (Lipinski definition) is 3. The molecule has 4 aliphatic rings. The molecule has 4 saturated carbocycles. The van der Waals surface area contributed by atoms with Crippen molar-refractivity contribution in [2.45, 2.75) is 46.0 Å². The zero-order valence-corrected chi connectivity index (χ0v) is 12.7. The molecule has 0 radical (unpaired) electrons. The summed E-state index contributed by atoms with van der Waals surface area (Å²) in [6.07, 6.45) is 7.02. The first kappa shape index (κ1) is 14.1. The lowest BCUT2D eigenvalue weighted by molar-refractivity contribution is -0.171. The Hall–Kier alpha value is -0.830. The van der Waals surface area contributed by atoms with Crippen molar-refractivity contribution in [2.24, 2.45) is 29.1 Å². The van der Waals surface area contributed by atoms with Crippen LogP contribution >= 0.6 is 0 Å². The third kappa shape index (κ3) is 2.41. The largest absolute Gasteiger partial charge is 0.435 e. The molecule has 0 atom stereocenters.